The van der Waals surface area contributed by atoms with Crippen molar-refractivity contribution in [3.63, 3.8) is 0 Å². The minimum atomic E-state index is -0.0395. The van der Waals surface area contributed by atoms with Gasteiger partial charge in [-0.2, -0.15) is 0 Å². The lowest BCUT2D eigenvalue weighted by Crippen LogP contribution is -1.91. The van der Waals surface area contributed by atoms with Crippen LogP contribution in [0.4, 0.5) is 0 Å². The Balaban J connectivity index is 0.000000156. The monoisotopic (exact) mass is 1580 g/mol. The maximum atomic E-state index is 9.31. The van der Waals surface area contributed by atoms with Crippen molar-refractivity contribution in [1.82, 2.24) is 0 Å². The highest BCUT2D eigenvalue weighted by molar-refractivity contribution is 6.27. The topological polar surface area (TPSA) is 0 Å². The molecule has 24 aromatic rings. The van der Waals surface area contributed by atoms with Crippen molar-refractivity contribution in [2.45, 2.75) is 14.8 Å². The Bertz CT molecular complexity index is 7930. The number of rotatable bonds is 9. The van der Waals surface area contributed by atoms with E-state index in [1.165, 1.54) is 168 Å². The third-order valence-corrected chi connectivity index (χ3v) is 24.4. The summed E-state index contributed by atoms with van der Waals surface area (Å²) in [5.41, 5.74) is 19.4. The lowest BCUT2D eigenvalue weighted by Gasteiger charge is -2.19. The Morgan fingerprint density at radius 1 is 0.139 bits per heavy atom. The number of fused-ring (bicyclic) bond motifs is 12. The molecule has 0 heteroatoms. The van der Waals surface area contributed by atoms with Gasteiger partial charge in [-0.05, 0) is 248 Å². The van der Waals surface area contributed by atoms with Gasteiger partial charge in [0.15, 0.2) is 0 Å². The molecule has 0 amide bonds. The highest BCUT2D eigenvalue weighted by atomic mass is 14.3. The molecule has 0 fully saturated rings. The fourth-order valence-electron chi connectivity index (χ4n) is 18.8. The Labute approximate surface area is 739 Å². The van der Waals surface area contributed by atoms with Gasteiger partial charge in [0, 0.05) is 20.6 Å². The van der Waals surface area contributed by atoms with E-state index in [1.807, 2.05) is 78.9 Å². The second-order valence-electron chi connectivity index (χ2n) is 31.2. The molecule has 122 heavy (non-hydrogen) atoms. The van der Waals surface area contributed by atoms with Crippen molar-refractivity contribution in [2.75, 3.05) is 0 Å². The molecule has 24 aromatic carbocycles. The van der Waals surface area contributed by atoms with Crippen LogP contribution < -0.4 is 0 Å². The van der Waals surface area contributed by atoms with Crippen molar-refractivity contribution in [3.8, 4) is 100 Å². The van der Waals surface area contributed by atoms with Gasteiger partial charge in [-0.25, -0.2) is 0 Å². The van der Waals surface area contributed by atoms with Gasteiger partial charge >= 0.3 is 0 Å². The highest BCUT2D eigenvalue weighted by Crippen LogP contribution is 2.50. The molecule has 0 saturated heterocycles. The van der Waals surface area contributed by atoms with Crippen LogP contribution in [0.1, 0.15) is 40.8 Å². The summed E-state index contributed by atoms with van der Waals surface area (Å²) in [7, 11) is 2.50. The Morgan fingerprint density at radius 3 is 0.590 bits per heavy atom. The Morgan fingerprint density at radius 2 is 0.320 bits per heavy atom. The summed E-state index contributed by atoms with van der Waals surface area (Å²) >= 11 is 0. The van der Waals surface area contributed by atoms with Gasteiger partial charge in [0.1, 0.15) is 0 Å². The van der Waals surface area contributed by atoms with Crippen LogP contribution in [0.25, 0.3) is 229 Å². The molecule has 0 radical (unpaired) electrons. The predicted octanol–water partition coefficient (Wildman–Crippen LogP) is 36.6. The molecule has 0 aliphatic carbocycles. The average molecular weight is 1580 g/mol. The van der Waals surface area contributed by atoms with E-state index >= 15 is 0 Å². The molecule has 586 valence electrons. The summed E-state index contributed by atoms with van der Waals surface area (Å²) in [6.07, 6.45) is 0. The summed E-state index contributed by atoms with van der Waals surface area (Å²) < 4.78 is 108. The molecular formula is C122H98. The molecule has 24 rings (SSSR count). The molecule has 0 aliphatic heterocycles. The molecule has 0 aliphatic rings. The molecule has 0 spiro atoms. The van der Waals surface area contributed by atoms with Crippen molar-refractivity contribution < 1.29 is 26.0 Å². The van der Waals surface area contributed by atoms with E-state index < -0.39 is 0 Å². The van der Waals surface area contributed by atoms with Crippen molar-refractivity contribution in [3.05, 3.63) is 473 Å². The minimum absolute atomic E-state index is 0.0393. The molecule has 0 atom stereocenters. The summed E-state index contributed by atoms with van der Waals surface area (Å²) in [5.74, 6) is 0. The molecule has 0 unspecified atom stereocenters. The van der Waals surface area contributed by atoms with E-state index in [0.717, 1.165) is 59.8 Å². The SMILES string of the molecule is [2H]C.[2H]C.[2H][2H].[2H][2H].[2H][2H].[2H][2H].[2H][2H].[2H][2H].[2H]c1c([2H])c(-c2c3ccccc3c(-c3cccc4ccccc34)c3ccccc23)c([2H])c([2H])c1-c1ccc2ccccc2c1.c1ccc2cc(-c3ccc(-c4c5ccccc5c(-c5cccc6ccccc56)c5ccccc45)cc3)ccc2c1.c1ccc2cc(-c3ccc(-c4c5ccccc5c(-c5cccc6ccccc56)c5ccccc45)cc3)ccc2c1. The first-order valence-corrected chi connectivity index (χ1v) is 41.3. The smallest absolute Gasteiger partial charge is 0.0629 e. The Hall–Kier alpha value is -15.6. The largest absolute Gasteiger partial charge is 0.0776 e. The van der Waals surface area contributed by atoms with Gasteiger partial charge in [0.25, 0.3) is 0 Å². The van der Waals surface area contributed by atoms with Gasteiger partial charge in [-0.15, -0.1) is 0 Å². The van der Waals surface area contributed by atoms with E-state index in [-0.39, 0.29) is 24.2 Å². The van der Waals surface area contributed by atoms with E-state index in [9.17, 15) is 2.74 Å². The molecule has 0 saturated carbocycles. The van der Waals surface area contributed by atoms with Crippen molar-refractivity contribution in [1.29, 1.82) is 0 Å². The third kappa shape index (κ3) is 13.5. The van der Waals surface area contributed by atoms with Crippen LogP contribution >= 0.6 is 0 Å². The van der Waals surface area contributed by atoms with Gasteiger partial charge in [0.05, 0.1) is 5.48 Å². The van der Waals surface area contributed by atoms with Crippen LogP contribution in [0, 0.1) is 0 Å². The summed E-state index contributed by atoms with van der Waals surface area (Å²) in [5, 5.41) is 28.6. The van der Waals surface area contributed by atoms with Crippen LogP contribution in [0.15, 0.2) is 473 Å². The maximum Gasteiger partial charge on any atom is 0.0629 e. The molecule has 0 bridgehead atoms. The highest BCUT2D eigenvalue weighted by Gasteiger charge is 2.23. The first kappa shape index (κ1) is 62.6. The number of hydrogen-bond donors (Lipinski definition) is 0. The Kier molecular flexibility index (Phi) is 16.6. The lowest BCUT2D eigenvalue weighted by atomic mass is 9.84. The third-order valence-electron chi connectivity index (χ3n) is 24.4. The van der Waals surface area contributed by atoms with Crippen molar-refractivity contribution >= 4 is 129 Å². The van der Waals surface area contributed by atoms with Crippen LogP contribution in [-0.4, -0.2) is 0 Å². The fourth-order valence-corrected chi connectivity index (χ4v) is 18.8. The molecule has 0 nitrogen and oxygen atoms in total. The minimum Gasteiger partial charge on any atom is -0.0776 e. The zero-order valence-electron chi connectivity index (χ0n) is 85.7. The average Bonchev–Trinajstić information content (AvgIpc) is 0.708. The van der Waals surface area contributed by atoms with Gasteiger partial charge in [0.2, 0.25) is 0 Å². The normalized spacial score (nSPS) is 12.3. The van der Waals surface area contributed by atoms with E-state index in [2.05, 4.69) is 370 Å². The standard InChI is InChI=1S/3C40H26.2CH4.6H2/c3*1-2-12-31-26-32(25-22-27(31)10-1)28-20-23-30(24-21-28)39-35-15-5-7-17-37(35)40(38-18-8-6-16-36(38)39)34-19-9-13-29-11-3-4-14-33(29)34;;;;;;;;/h3*1-26H;2*1H4;6*1H/i20D,21D,23D,24D;;;2*1D;6*1+1D. The molecule has 0 heterocycles. The summed E-state index contributed by atoms with van der Waals surface area (Å²) in [6, 6.07) is 160. The van der Waals surface area contributed by atoms with Gasteiger partial charge in [-0.3, -0.25) is 0 Å². The van der Waals surface area contributed by atoms with Gasteiger partial charge in [-0.1, -0.05) is 470 Å². The maximum absolute atomic E-state index is 9.31. The van der Waals surface area contributed by atoms with Crippen LogP contribution in [0.2, 0.25) is 0 Å². The first-order chi connectivity index (χ1) is 69.2. The second-order valence-corrected chi connectivity index (χ2v) is 31.2. The lowest BCUT2D eigenvalue weighted by molar-refractivity contribution is 1.63. The van der Waals surface area contributed by atoms with Gasteiger partial charge < -0.3 is 0 Å². The van der Waals surface area contributed by atoms with E-state index in [4.69, 9.17) is 23.3 Å². The van der Waals surface area contributed by atoms with E-state index in [0.29, 0.717) is 16.7 Å². The zero-order chi connectivity index (χ0) is 98.9. The second kappa shape index (κ2) is 32.4. The van der Waals surface area contributed by atoms with E-state index in [1.54, 1.807) is 0 Å². The van der Waals surface area contributed by atoms with Crippen LogP contribution in [-0.2, 0) is 0 Å². The van der Waals surface area contributed by atoms with Crippen LogP contribution in [0.3, 0.4) is 0 Å². The van der Waals surface area contributed by atoms with Crippen LogP contribution in [0.5, 0.6) is 0 Å². The molecule has 0 aromatic heterocycles. The number of hydrogen-bond acceptors (Lipinski definition) is 0. The fraction of sp³-hybridized carbons (Fsp3) is 0.0164. The first-order valence-electron chi connectivity index (χ1n) is 51.3. The summed E-state index contributed by atoms with van der Waals surface area (Å²) in [6.45, 7) is 0. The molecule has 0 N–H and O–H groups in total. The summed E-state index contributed by atoms with van der Waals surface area (Å²) in [4.78, 5) is 0. The van der Waals surface area contributed by atoms with Crippen molar-refractivity contribution in [2.24, 2.45) is 0 Å². The zero-order valence-corrected chi connectivity index (χ0v) is 67.7. The molecular weight excluding hydrogens is 1470 g/mol. The number of benzene rings is 24. The quantitative estimate of drug-likeness (QED) is 0.126. The predicted molar refractivity (Wildman–Crippen MR) is 544 cm³/mol.